The van der Waals surface area contributed by atoms with Gasteiger partial charge in [0, 0.05) is 18.3 Å². The summed E-state index contributed by atoms with van der Waals surface area (Å²) < 4.78 is 0. The quantitative estimate of drug-likeness (QED) is 0.699. The van der Waals surface area contributed by atoms with E-state index in [1.54, 1.807) is 6.33 Å². The molecule has 0 radical (unpaired) electrons. The zero-order valence-corrected chi connectivity index (χ0v) is 9.53. The molecule has 0 spiro atoms. The van der Waals surface area contributed by atoms with Gasteiger partial charge in [-0.3, -0.25) is 0 Å². The summed E-state index contributed by atoms with van der Waals surface area (Å²) in [6.07, 6.45) is 3.67. The van der Waals surface area contributed by atoms with Gasteiger partial charge in [0.05, 0.1) is 0 Å². The Morgan fingerprint density at radius 2 is 2.27 bits per heavy atom. The van der Waals surface area contributed by atoms with Crippen molar-refractivity contribution in [2.75, 3.05) is 18.4 Å². The third-order valence-corrected chi connectivity index (χ3v) is 2.49. The summed E-state index contributed by atoms with van der Waals surface area (Å²) in [4.78, 5) is 8.43. The Morgan fingerprint density at radius 3 is 2.93 bits per heavy atom. The van der Waals surface area contributed by atoms with E-state index in [1.807, 2.05) is 6.07 Å². The summed E-state index contributed by atoms with van der Waals surface area (Å²) in [5, 5.41) is 3.23. The zero-order valence-electron chi connectivity index (χ0n) is 9.53. The Labute approximate surface area is 91.3 Å². The van der Waals surface area contributed by atoms with Crippen LogP contribution >= 0.6 is 0 Å². The van der Waals surface area contributed by atoms with Gasteiger partial charge in [-0.2, -0.15) is 0 Å². The van der Waals surface area contributed by atoms with Crippen LogP contribution in [0.2, 0.25) is 0 Å². The number of aromatic nitrogens is 2. The number of anilines is 1. The molecule has 1 aromatic rings. The van der Waals surface area contributed by atoms with E-state index in [1.165, 1.54) is 0 Å². The predicted octanol–water partition coefficient (Wildman–Crippen LogP) is 1.75. The highest BCUT2D eigenvalue weighted by Gasteiger charge is 2.05. The maximum atomic E-state index is 5.42. The van der Waals surface area contributed by atoms with Gasteiger partial charge in [0.25, 0.3) is 0 Å². The van der Waals surface area contributed by atoms with Crippen LogP contribution in [0.3, 0.4) is 0 Å². The molecule has 1 atom stereocenters. The minimum atomic E-state index is 0.489. The molecule has 0 aliphatic heterocycles. The largest absolute Gasteiger partial charge is 0.370 e. The average Bonchev–Trinajstić information content (AvgIpc) is 2.29. The van der Waals surface area contributed by atoms with Crippen LogP contribution in [-0.4, -0.2) is 23.1 Å². The minimum absolute atomic E-state index is 0.489. The van der Waals surface area contributed by atoms with E-state index in [0.717, 1.165) is 30.9 Å². The van der Waals surface area contributed by atoms with Crippen LogP contribution < -0.4 is 11.1 Å². The fourth-order valence-electron chi connectivity index (χ4n) is 1.27. The number of hydrogen-bond acceptors (Lipinski definition) is 4. The summed E-state index contributed by atoms with van der Waals surface area (Å²) in [7, 11) is 0. The van der Waals surface area contributed by atoms with E-state index in [0.29, 0.717) is 12.5 Å². The maximum Gasteiger partial charge on any atom is 0.129 e. The molecule has 0 saturated carbocycles. The first-order valence-corrected chi connectivity index (χ1v) is 5.53. The summed E-state index contributed by atoms with van der Waals surface area (Å²) in [5.41, 5.74) is 6.52. The van der Waals surface area contributed by atoms with Crippen LogP contribution in [0.1, 0.15) is 38.3 Å². The van der Waals surface area contributed by atoms with Crippen molar-refractivity contribution >= 4 is 5.82 Å². The fraction of sp³-hybridized carbons (Fsp3) is 0.636. The van der Waals surface area contributed by atoms with Crippen molar-refractivity contribution in [3.63, 3.8) is 0 Å². The minimum Gasteiger partial charge on any atom is -0.370 e. The molecule has 0 aliphatic carbocycles. The number of nitrogens with zero attached hydrogens (tertiary/aromatic N) is 2. The lowest BCUT2D eigenvalue weighted by molar-refractivity contribution is 0.704. The van der Waals surface area contributed by atoms with Gasteiger partial charge in [-0.1, -0.05) is 13.8 Å². The molecule has 1 unspecified atom stereocenters. The summed E-state index contributed by atoms with van der Waals surface area (Å²) >= 11 is 0. The topological polar surface area (TPSA) is 63.8 Å². The lowest BCUT2D eigenvalue weighted by Crippen LogP contribution is -2.10. The van der Waals surface area contributed by atoms with Gasteiger partial charge in [0.2, 0.25) is 0 Å². The molecule has 1 rings (SSSR count). The Morgan fingerprint density at radius 1 is 1.47 bits per heavy atom. The lowest BCUT2D eigenvalue weighted by Gasteiger charge is -2.09. The SMILES string of the molecule is CCC(C)c1cc(NCCCN)ncn1. The Balaban J connectivity index is 2.57. The third kappa shape index (κ3) is 3.83. The second-order valence-electron chi connectivity index (χ2n) is 3.71. The first-order valence-electron chi connectivity index (χ1n) is 5.53. The molecule has 4 heteroatoms. The number of nitrogens with one attached hydrogen (secondary N) is 1. The molecular weight excluding hydrogens is 188 g/mol. The van der Waals surface area contributed by atoms with E-state index in [2.05, 4.69) is 29.1 Å². The molecule has 0 aromatic carbocycles. The third-order valence-electron chi connectivity index (χ3n) is 2.49. The van der Waals surface area contributed by atoms with E-state index in [4.69, 9.17) is 5.73 Å². The molecule has 84 valence electrons. The number of nitrogens with two attached hydrogens (primary N) is 1. The van der Waals surface area contributed by atoms with Crippen molar-refractivity contribution in [3.05, 3.63) is 18.1 Å². The molecule has 1 heterocycles. The molecule has 0 bridgehead atoms. The average molecular weight is 208 g/mol. The Bertz CT molecular complexity index is 288. The molecule has 0 amide bonds. The number of rotatable bonds is 6. The lowest BCUT2D eigenvalue weighted by atomic mass is 10.1. The summed E-state index contributed by atoms with van der Waals surface area (Å²) in [6, 6.07) is 2.02. The molecule has 4 nitrogen and oxygen atoms in total. The van der Waals surface area contributed by atoms with Crippen LogP contribution in [0, 0.1) is 0 Å². The summed E-state index contributed by atoms with van der Waals surface area (Å²) in [5.74, 6) is 1.39. The van der Waals surface area contributed by atoms with E-state index < -0.39 is 0 Å². The van der Waals surface area contributed by atoms with Crippen LogP contribution in [0.5, 0.6) is 0 Å². The van der Waals surface area contributed by atoms with E-state index >= 15 is 0 Å². The maximum absolute atomic E-state index is 5.42. The monoisotopic (exact) mass is 208 g/mol. The molecule has 15 heavy (non-hydrogen) atoms. The van der Waals surface area contributed by atoms with Crippen molar-refractivity contribution in [3.8, 4) is 0 Å². The van der Waals surface area contributed by atoms with E-state index in [-0.39, 0.29) is 0 Å². The first kappa shape index (κ1) is 11.9. The normalized spacial score (nSPS) is 12.5. The second-order valence-corrected chi connectivity index (χ2v) is 3.71. The van der Waals surface area contributed by atoms with Crippen LogP contribution in [0.4, 0.5) is 5.82 Å². The van der Waals surface area contributed by atoms with Crippen LogP contribution in [0.25, 0.3) is 0 Å². The van der Waals surface area contributed by atoms with Gasteiger partial charge in [0.15, 0.2) is 0 Å². The number of hydrogen-bond donors (Lipinski definition) is 2. The fourth-order valence-corrected chi connectivity index (χ4v) is 1.27. The molecular formula is C11H20N4. The Hall–Kier alpha value is -1.16. The molecule has 0 fully saturated rings. The molecule has 1 aromatic heterocycles. The molecule has 0 saturated heterocycles. The van der Waals surface area contributed by atoms with Crippen LogP contribution in [-0.2, 0) is 0 Å². The van der Waals surface area contributed by atoms with Gasteiger partial charge in [-0.15, -0.1) is 0 Å². The smallest absolute Gasteiger partial charge is 0.129 e. The van der Waals surface area contributed by atoms with Crippen molar-refractivity contribution in [1.29, 1.82) is 0 Å². The van der Waals surface area contributed by atoms with Gasteiger partial charge in [0.1, 0.15) is 12.1 Å². The van der Waals surface area contributed by atoms with Gasteiger partial charge in [-0.25, -0.2) is 9.97 Å². The standard InChI is InChI=1S/C11H20N4/c1-3-9(2)10-7-11(15-8-14-10)13-6-4-5-12/h7-9H,3-6,12H2,1-2H3,(H,13,14,15). The van der Waals surface area contributed by atoms with Gasteiger partial charge in [-0.05, 0) is 25.3 Å². The highest BCUT2D eigenvalue weighted by atomic mass is 15.0. The van der Waals surface area contributed by atoms with Crippen molar-refractivity contribution in [1.82, 2.24) is 9.97 Å². The summed E-state index contributed by atoms with van der Waals surface area (Å²) in [6.45, 7) is 5.91. The van der Waals surface area contributed by atoms with Crippen molar-refractivity contribution in [2.45, 2.75) is 32.6 Å². The molecule has 3 N–H and O–H groups in total. The zero-order chi connectivity index (χ0) is 11.1. The van der Waals surface area contributed by atoms with Crippen LogP contribution in [0.15, 0.2) is 12.4 Å². The second kappa shape index (κ2) is 6.35. The molecule has 0 aliphatic rings. The first-order chi connectivity index (χ1) is 7.27. The van der Waals surface area contributed by atoms with E-state index in [9.17, 15) is 0 Å². The Kier molecular flexibility index (Phi) is 5.04. The van der Waals surface area contributed by atoms with Gasteiger partial charge >= 0.3 is 0 Å². The predicted molar refractivity (Wildman–Crippen MR) is 62.9 cm³/mol. The highest BCUT2D eigenvalue weighted by Crippen LogP contribution is 2.17. The van der Waals surface area contributed by atoms with Crippen molar-refractivity contribution < 1.29 is 0 Å². The van der Waals surface area contributed by atoms with Gasteiger partial charge < -0.3 is 11.1 Å². The highest BCUT2D eigenvalue weighted by molar-refractivity contribution is 5.35. The van der Waals surface area contributed by atoms with Crippen molar-refractivity contribution in [2.24, 2.45) is 5.73 Å².